The van der Waals surface area contributed by atoms with E-state index in [9.17, 15) is 13.2 Å². The van der Waals surface area contributed by atoms with Crippen LogP contribution in [0.4, 0.5) is 21.5 Å². The molecule has 0 unspecified atom stereocenters. The van der Waals surface area contributed by atoms with Crippen LogP contribution in [-0.4, -0.2) is 56.1 Å². The van der Waals surface area contributed by atoms with Crippen LogP contribution in [0.2, 0.25) is 0 Å². The number of aliphatic imine (C=N–C) groups is 1. The molecule has 37 heavy (non-hydrogen) atoms. The zero-order valence-electron chi connectivity index (χ0n) is 19.5. The molecule has 3 aromatic carbocycles. The van der Waals surface area contributed by atoms with E-state index in [1.165, 1.54) is 12.1 Å². The first-order valence-electron chi connectivity index (χ1n) is 11.6. The summed E-state index contributed by atoms with van der Waals surface area (Å²) < 4.78 is 44.5. The number of halogens is 1. The maximum atomic E-state index is 15.2. The van der Waals surface area contributed by atoms with Crippen LogP contribution in [0, 0.1) is 5.82 Å². The molecule has 0 bridgehead atoms. The predicted octanol–water partition coefficient (Wildman–Crippen LogP) is 4.70. The van der Waals surface area contributed by atoms with E-state index >= 15 is 4.39 Å². The van der Waals surface area contributed by atoms with Crippen molar-refractivity contribution >= 4 is 49.3 Å². The molecule has 0 saturated carbocycles. The fourth-order valence-electron chi connectivity index (χ4n) is 4.53. The van der Waals surface area contributed by atoms with Gasteiger partial charge >= 0.3 is 0 Å². The van der Waals surface area contributed by atoms with Crippen molar-refractivity contribution < 1.29 is 22.3 Å². The first-order valence-corrected chi connectivity index (χ1v) is 13.2. The number of fused-ring (bicyclic) bond motifs is 2. The highest BCUT2D eigenvalue weighted by Crippen LogP contribution is 2.35. The molecule has 3 heterocycles. The van der Waals surface area contributed by atoms with Gasteiger partial charge in [0, 0.05) is 47.2 Å². The van der Waals surface area contributed by atoms with Crippen LogP contribution in [0.5, 0.6) is 0 Å². The molecule has 2 aliphatic heterocycles. The molecule has 6 rings (SSSR count). The summed E-state index contributed by atoms with van der Waals surface area (Å²) in [7, 11) is -3.48. The SMILES string of the molecule is O=C(c1ccc(-c2ccc3nccc(Nc4ccc5c(c4)N=CS5(=O)=O)c3c2)c(F)c1)N1CCOCC1. The molecule has 0 aliphatic carbocycles. The lowest BCUT2D eigenvalue weighted by molar-refractivity contribution is 0.0302. The number of nitrogens with zero attached hydrogens (tertiary/aromatic N) is 3. The van der Waals surface area contributed by atoms with E-state index in [-0.39, 0.29) is 10.8 Å². The Morgan fingerprint density at radius 3 is 2.65 bits per heavy atom. The second-order valence-electron chi connectivity index (χ2n) is 8.78. The number of benzene rings is 3. The highest BCUT2D eigenvalue weighted by atomic mass is 32.2. The molecule has 0 atom stereocenters. The Bertz CT molecular complexity index is 1700. The van der Waals surface area contributed by atoms with Gasteiger partial charge in [0.25, 0.3) is 5.91 Å². The summed E-state index contributed by atoms with van der Waals surface area (Å²) in [5, 5.41) is 4.05. The summed E-state index contributed by atoms with van der Waals surface area (Å²) in [4.78, 5) is 23.0. The van der Waals surface area contributed by atoms with Gasteiger partial charge in [-0.2, -0.15) is 0 Å². The minimum atomic E-state index is -3.48. The number of amides is 1. The minimum Gasteiger partial charge on any atom is -0.378 e. The Morgan fingerprint density at radius 2 is 1.84 bits per heavy atom. The molecule has 1 N–H and O–H groups in total. The summed E-state index contributed by atoms with van der Waals surface area (Å²) in [6.45, 7) is 1.93. The monoisotopic (exact) mass is 516 g/mol. The van der Waals surface area contributed by atoms with Crippen molar-refractivity contribution in [2.75, 3.05) is 31.6 Å². The summed E-state index contributed by atoms with van der Waals surface area (Å²) in [5.74, 6) is -0.705. The maximum Gasteiger partial charge on any atom is 0.254 e. The third-order valence-electron chi connectivity index (χ3n) is 6.44. The Labute approximate surface area is 212 Å². The third kappa shape index (κ3) is 4.34. The molecule has 1 saturated heterocycles. The lowest BCUT2D eigenvalue weighted by Crippen LogP contribution is -2.40. The smallest absolute Gasteiger partial charge is 0.254 e. The largest absolute Gasteiger partial charge is 0.378 e. The zero-order valence-corrected chi connectivity index (χ0v) is 20.3. The van der Waals surface area contributed by atoms with Crippen LogP contribution in [0.3, 0.4) is 0 Å². The van der Waals surface area contributed by atoms with Crippen LogP contribution >= 0.6 is 0 Å². The number of hydrogen-bond donors (Lipinski definition) is 1. The van der Waals surface area contributed by atoms with E-state index in [0.717, 1.165) is 16.6 Å². The summed E-state index contributed by atoms with van der Waals surface area (Å²) in [6.07, 6.45) is 1.66. The number of sulfone groups is 1. The van der Waals surface area contributed by atoms with E-state index in [1.54, 1.807) is 47.5 Å². The number of morpholine rings is 1. The van der Waals surface area contributed by atoms with Gasteiger partial charge < -0.3 is 15.0 Å². The molecule has 1 aromatic heterocycles. The second-order valence-corrected chi connectivity index (χ2v) is 10.5. The van der Waals surface area contributed by atoms with Crippen LogP contribution in [0.1, 0.15) is 10.4 Å². The van der Waals surface area contributed by atoms with Crippen molar-refractivity contribution in [2.45, 2.75) is 4.90 Å². The molecule has 0 spiro atoms. The van der Waals surface area contributed by atoms with E-state index in [1.807, 2.05) is 12.1 Å². The van der Waals surface area contributed by atoms with Gasteiger partial charge in [0.15, 0.2) is 0 Å². The van der Waals surface area contributed by atoms with Gasteiger partial charge in [-0.1, -0.05) is 12.1 Å². The van der Waals surface area contributed by atoms with Crippen molar-refractivity contribution in [3.8, 4) is 11.1 Å². The van der Waals surface area contributed by atoms with Crippen molar-refractivity contribution in [1.82, 2.24) is 9.88 Å². The number of anilines is 2. The Kier molecular flexibility index (Phi) is 5.69. The highest BCUT2D eigenvalue weighted by molar-refractivity contribution is 8.05. The highest BCUT2D eigenvalue weighted by Gasteiger charge is 2.23. The number of hydrogen-bond acceptors (Lipinski definition) is 7. The van der Waals surface area contributed by atoms with Crippen LogP contribution in [0.25, 0.3) is 22.0 Å². The van der Waals surface area contributed by atoms with Crippen LogP contribution in [0.15, 0.2) is 76.7 Å². The number of carbonyl (C=O) groups is 1. The van der Waals surface area contributed by atoms with E-state index < -0.39 is 15.7 Å². The first kappa shape index (κ1) is 23.3. The molecule has 1 fully saturated rings. The number of nitrogens with one attached hydrogen (secondary N) is 1. The number of pyridine rings is 1. The fourth-order valence-corrected chi connectivity index (χ4v) is 5.56. The van der Waals surface area contributed by atoms with Crippen molar-refractivity contribution in [3.63, 3.8) is 0 Å². The molecule has 2 aliphatic rings. The van der Waals surface area contributed by atoms with E-state index in [2.05, 4.69) is 15.3 Å². The molecule has 8 nitrogen and oxygen atoms in total. The molecule has 10 heteroatoms. The average Bonchev–Trinajstić information content (AvgIpc) is 3.22. The number of ether oxygens (including phenoxy) is 1. The van der Waals surface area contributed by atoms with Crippen molar-refractivity contribution in [2.24, 2.45) is 4.99 Å². The third-order valence-corrected chi connectivity index (χ3v) is 7.78. The zero-order chi connectivity index (χ0) is 25.6. The number of rotatable bonds is 4. The van der Waals surface area contributed by atoms with Crippen LogP contribution in [-0.2, 0) is 14.6 Å². The first-order chi connectivity index (χ1) is 17.9. The van der Waals surface area contributed by atoms with Gasteiger partial charge in [-0.25, -0.2) is 17.8 Å². The summed E-state index contributed by atoms with van der Waals surface area (Å²) in [5.41, 5.74) is 4.70. The Balaban J connectivity index is 1.32. The van der Waals surface area contributed by atoms with Gasteiger partial charge in [-0.15, -0.1) is 0 Å². The summed E-state index contributed by atoms with van der Waals surface area (Å²) >= 11 is 0. The average molecular weight is 517 g/mol. The lowest BCUT2D eigenvalue weighted by Gasteiger charge is -2.27. The van der Waals surface area contributed by atoms with Crippen LogP contribution < -0.4 is 5.32 Å². The predicted molar refractivity (Wildman–Crippen MR) is 139 cm³/mol. The fraction of sp³-hybridized carbons (Fsp3) is 0.148. The Hall–Kier alpha value is -4.15. The van der Waals surface area contributed by atoms with Gasteiger partial charge in [0.1, 0.15) is 11.4 Å². The van der Waals surface area contributed by atoms with Gasteiger partial charge in [0.2, 0.25) is 9.84 Å². The molecular weight excluding hydrogens is 495 g/mol. The standard InChI is InChI=1S/C27H21FN4O4S/c28-22-14-18(27(33)32-9-11-36-12-10-32)1-4-20(22)17-2-5-23-21(13-17)24(7-8-29-23)31-19-3-6-26-25(15-19)30-16-37(26,34)35/h1-8,13-16H,9-12H2,(H,29,31). The quantitative estimate of drug-likeness (QED) is 0.422. The maximum absolute atomic E-state index is 15.2. The summed E-state index contributed by atoms with van der Waals surface area (Å²) in [6, 6.07) is 16.6. The van der Waals surface area contributed by atoms with Crippen molar-refractivity contribution in [3.05, 3.63) is 78.2 Å². The van der Waals surface area contributed by atoms with Gasteiger partial charge in [-0.3, -0.25) is 9.78 Å². The van der Waals surface area contributed by atoms with E-state index in [0.29, 0.717) is 59.9 Å². The van der Waals surface area contributed by atoms with Gasteiger partial charge in [0.05, 0.1) is 29.3 Å². The van der Waals surface area contributed by atoms with E-state index in [4.69, 9.17) is 4.74 Å². The lowest BCUT2D eigenvalue weighted by atomic mass is 10.00. The number of aromatic nitrogens is 1. The Morgan fingerprint density at radius 1 is 1.00 bits per heavy atom. The molecule has 1 amide bonds. The van der Waals surface area contributed by atoms with Crippen molar-refractivity contribution in [1.29, 1.82) is 0 Å². The van der Waals surface area contributed by atoms with Gasteiger partial charge in [-0.05, 0) is 54.1 Å². The normalized spacial score (nSPS) is 16.1. The minimum absolute atomic E-state index is 0.172. The topological polar surface area (TPSA) is 101 Å². The number of carbonyl (C=O) groups excluding carboxylic acids is 1. The second kappa shape index (κ2) is 9.06. The molecule has 186 valence electrons. The molecule has 0 radical (unpaired) electrons. The molecular formula is C27H21FN4O4S. The molecule has 4 aromatic rings.